The van der Waals surface area contributed by atoms with Gasteiger partial charge in [0, 0.05) is 12.3 Å². The van der Waals surface area contributed by atoms with Gasteiger partial charge in [-0.05, 0) is 36.4 Å². The van der Waals surface area contributed by atoms with E-state index >= 15 is 0 Å². The number of benzene rings is 1. The molecule has 2 heterocycles. The van der Waals surface area contributed by atoms with E-state index in [0.29, 0.717) is 29.4 Å². The van der Waals surface area contributed by atoms with Crippen molar-refractivity contribution in [3.05, 3.63) is 63.8 Å². The Morgan fingerprint density at radius 3 is 2.80 bits per heavy atom. The van der Waals surface area contributed by atoms with Gasteiger partial charge >= 0.3 is 0 Å². The number of fused-ring (bicyclic) bond motifs is 1. The normalized spacial score (nSPS) is 11.0. The lowest BCUT2D eigenvalue weighted by molar-refractivity contribution is 0.339. The van der Waals surface area contributed by atoms with Crippen molar-refractivity contribution in [3.8, 4) is 5.75 Å². The lowest BCUT2D eigenvalue weighted by atomic mass is 10.1. The average molecular weight is 373 g/mol. The highest BCUT2D eigenvalue weighted by Crippen LogP contribution is 2.24. The van der Waals surface area contributed by atoms with E-state index in [9.17, 15) is 4.79 Å². The minimum absolute atomic E-state index is 0.00989. The third kappa shape index (κ3) is 3.80. The Morgan fingerprint density at radius 1 is 1.32 bits per heavy atom. The van der Waals surface area contributed by atoms with Crippen molar-refractivity contribution in [2.24, 2.45) is 0 Å². The number of allylic oxidation sites excluding steroid dienone is 1. The highest BCUT2D eigenvalue weighted by Gasteiger charge is 2.12. The van der Waals surface area contributed by atoms with Crippen LogP contribution in [0.3, 0.4) is 0 Å². The summed E-state index contributed by atoms with van der Waals surface area (Å²) in [5, 5.41) is 3.28. The molecule has 0 saturated heterocycles. The van der Waals surface area contributed by atoms with Crippen LogP contribution in [0, 0.1) is 13.8 Å². The number of nitrogens with zero attached hydrogens (tertiary/aromatic N) is 2. The Balaban J connectivity index is 1.73. The molecule has 25 heavy (non-hydrogen) atoms. The van der Waals surface area contributed by atoms with Gasteiger partial charge in [0.05, 0.1) is 12.0 Å². The molecular formula is C19H20N2O2S2. The SMILES string of the molecule is C=CCn1c(SCCOc2c(C)cccc2C)nc2sccc2c1=O. The van der Waals surface area contributed by atoms with Gasteiger partial charge in [0.2, 0.25) is 0 Å². The molecule has 0 aliphatic carbocycles. The summed E-state index contributed by atoms with van der Waals surface area (Å²) >= 11 is 3.02. The summed E-state index contributed by atoms with van der Waals surface area (Å²) in [5.41, 5.74) is 2.25. The molecule has 0 radical (unpaired) electrons. The van der Waals surface area contributed by atoms with E-state index in [-0.39, 0.29) is 5.56 Å². The molecule has 0 fully saturated rings. The fourth-order valence-electron chi connectivity index (χ4n) is 2.63. The van der Waals surface area contributed by atoms with Crippen LogP contribution < -0.4 is 10.3 Å². The van der Waals surface area contributed by atoms with E-state index < -0.39 is 0 Å². The van der Waals surface area contributed by atoms with Crippen molar-refractivity contribution < 1.29 is 4.74 Å². The molecule has 0 N–H and O–H groups in total. The van der Waals surface area contributed by atoms with Gasteiger partial charge in [-0.1, -0.05) is 36.0 Å². The maximum absolute atomic E-state index is 12.6. The van der Waals surface area contributed by atoms with Crippen LogP contribution in [-0.4, -0.2) is 21.9 Å². The number of thioether (sulfide) groups is 1. The minimum atomic E-state index is -0.00989. The molecule has 4 nitrogen and oxygen atoms in total. The van der Waals surface area contributed by atoms with Crippen LogP contribution in [0.4, 0.5) is 0 Å². The summed E-state index contributed by atoms with van der Waals surface area (Å²) in [6, 6.07) is 7.95. The van der Waals surface area contributed by atoms with E-state index in [4.69, 9.17) is 4.74 Å². The molecule has 3 rings (SSSR count). The van der Waals surface area contributed by atoms with Crippen molar-refractivity contribution >= 4 is 33.3 Å². The fourth-order valence-corrected chi connectivity index (χ4v) is 4.26. The standard InChI is InChI=1S/C19H20N2O2S2/c1-4-9-21-18(22)15-8-11-24-17(15)20-19(21)25-12-10-23-16-13(2)6-5-7-14(16)3/h4-8,11H,1,9-10,12H2,2-3H3. The maximum Gasteiger partial charge on any atom is 0.263 e. The number of aryl methyl sites for hydroxylation is 2. The second-order valence-corrected chi connectivity index (χ2v) is 7.61. The number of thiophene rings is 1. The van der Waals surface area contributed by atoms with Gasteiger partial charge in [-0.15, -0.1) is 17.9 Å². The predicted octanol–water partition coefficient (Wildman–Crippen LogP) is 4.43. The smallest absolute Gasteiger partial charge is 0.263 e. The minimum Gasteiger partial charge on any atom is -0.492 e. The topological polar surface area (TPSA) is 44.1 Å². The molecule has 130 valence electrons. The first-order valence-electron chi connectivity index (χ1n) is 8.02. The fraction of sp³-hybridized carbons (Fsp3) is 0.263. The highest BCUT2D eigenvalue weighted by atomic mass is 32.2. The predicted molar refractivity (Wildman–Crippen MR) is 106 cm³/mol. The van der Waals surface area contributed by atoms with E-state index in [1.54, 1.807) is 10.6 Å². The molecule has 2 aromatic heterocycles. The molecule has 0 atom stereocenters. The summed E-state index contributed by atoms with van der Waals surface area (Å²) in [6.07, 6.45) is 1.72. The highest BCUT2D eigenvalue weighted by molar-refractivity contribution is 7.99. The first kappa shape index (κ1) is 17.8. The number of hydrogen-bond acceptors (Lipinski definition) is 5. The Bertz CT molecular complexity index is 939. The van der Waals surface area contributed by atoms with Crippen molar-refractivity contribution in [1.29, 1.82) is 0 Å². The van der Waals surface area contributed by atoms with Crippen molar-refractivity contribution in [1.82, 2.24) is 9.55 Å². The Kier molecular flexibility index (Phi) is 5.60. The van der Waals surface area contributed by atoms with Crippen LogP contribution in [0.25, 0.3) is 10.2 Å². The third-order valence-corrected chi connectivity index (χ3v) is 5.58. The molecule has 0 saturated carbocycles. The van der Waals surface area contributed by atoms with Crippen molar-refractivity contribution in [3.63, 3.8) is 0 Å². The molecule has 0 spiro atoms. The largest absolute Gasteiger partial charge is 0.492 e. The van der Waals surface area contributed by atoms with E-state index in [1.165, 1.54) is 23.1 Å². The zero-order chi connectivity index (χ0) is 17.8. The van der Waals surface area contributed by atoms with E-state index in [0.717, 1.165) is 21.7 Å². The van der Waals surface area contributed by atoms with Crippen LogP contribution in [0.5, 0.6) is 5.75 Å². The van der Waals surface area contributed by atoms with Crippen LogP contribution in [0.2, 0.25) is 0 Å². The number of rotatable bonds is 7. The van der Waals surface area contributed by atoms with Crippen LogP contribution in [0.15, 0.2) is 52.3 Å². The van der Waals surface area contributed by atoms with Gasteiger partial charge in [-0.3, -0.25) is 9.36 Å². The Hall–Kier alpha value is -2.05. The molecule has 0 unspecified atom stereocenters. The van der Waals surface area contributed by atoms with Gasteiger partial charge in [0.25, 0.3) is 5.56 Å². The zero-order valence-electron chi connectivity index (χ0n) is 14.3. The number of hydrogen-bond donors (Lipinski definition) is 0. The quantitative estimate of drug-likeness (QED) is 0.266. The maximum atomic E-state index is 12.6. The summed E-state index contributed by atoms with van der Waals surface area (Å²) in [4.78, 5) is 18.0. The molecular weight excluding hydrogens is 352 g/mol. The molecule has 0 aliphatic rings. The molecule has 3 aromatic rings. The monoisotopic (exact) mass is 372 g/mol. The van der Waals surface area contributed by atoms with Crippen LogP contribution in [0.1, 0.15) is 11.1 Å². The molecule has 1 aromatic carbocycles. The summed E-state index contributed by atoms with van der Waals surface area (Å²) < 4.78 is 7.61. The number of ether oxygens (including phenoxy) is 1. The molecule has 0 amide bonds. The van der Waals surface area contributed by atoms with Gasteiger partial charge in [0.15, 0.2) is 5.16 Å². The van der Waals surface area contributed by atoms with E-state index in [1.807, 2.05) is 43.5 Å². The van der Waals surface area contributed by atoms with Crippen LogP contribution in [-0.2, 0) is 6.54 Å². The first-order chi connectivity index (χ1) is 12.1. The van der Waals surface area contributed by atoms with Crippen molar-refractivity contribution in [2.45, 2.75) is 25.5 Å². The summed E-state index contributed by atoms with van der Waals surface area (Å²) in [7, 11) is 0. The summed E-state index contributed by atoms with van der Waals surface area (Å²) in [5.74, 6) is 1.65. The average Bonchev–Trinajstić information content (AvgIpc) is 3.05. The summed E-state index contributed by atoms with van der Waals surface area (Å²) in [6.45, 7) is 8.85. The second-order valence-electron chi connectivity index (χ2n) is 5.66. The van der Waals surface area contributed by atoms with Gasteiger partial charge < -0.3 is 4.74 Å². The zero-order valence-corrected chi connectivity index (χ0v) is 16.0. The third-order valence-electron chi connectivity index (χ3n) is 3.83. The Labute approximate surface area is 155 Å². The molecule has 0 aliphatic heterocycles. The van der Waals surface area contributed by atoms with E-state index in [2.05, 4.69) is 11.6 Å². The second kappa shape index (κ2) is 7.89. The van der Waals surface area contributed by atoms with Gasteiger partial charge in [-0.25, -0.2) is 4.98 Å². The number of aromatic nitrogens is 2. The lowest BCUT2D eigenvalue weighted by Gasteiger charge is -2.13. The molecule has 0 bridgehead atoms. The first-order valence-corrected chi connectivity index (χ1v) is 9.89. The van der Waals surface area contributed by atoms with Crippen molar-refractivity contribution in [2.75, 3.05) is 12.4 Å². The lowest BCUT2D eigenvalue weighted by Crippen LogP contribution is -2.22. The Morgan fingerprint density at radius 2 is 2.08 bits per heavy atom. The van der Waals surface area contributed by atoms with Crippen LogP contribution >= 0.6 is 23.1 Å². The molecule has 6 heteroatoms. The number of para-hydroxylation sites is 1. The van der Waals surface area contributed by atoms with Gasteiger partial charge in [-0.2, -0.15) is 0 Å². The van der Waals surface area contributed by atoms with Gasteiger partial charge in [0.1, 0.15) is 10.6 Å².